The predicted octanol–water partition coefficient (Wildman–Crippen LogP) is 2.96. The van der Waals surface area contributed by atoms with E-state index in [2.05, 4.69) is 20.8 Å². The maximum atomic E-state index is 4.05. The normalized spacial score (nSPS) is 29.0. The minimum absolute atomic E-state index is 0.689. The average molecular weight is 123 g/mol. The molecule has 0 aromatic rings. The summed E-state index contributed by atoms with van der Waals surface area (Å²) in [7, 11) is 0. The van der Waals surface area contributed by atoms with Gasteiger partial charge in [-0.2, -0.15) is 0 Å². The molecule has 1 atom stereocenters. The minimum Gasteiger partial charge on any atom is -0.0744 e. The number of hydrogen-bond acceptors (Lipinski definition) is 0. The minimum atomic E-state index is 0.689. The van der Waals surface area contributed by atoms with E-state index in [1.807, 2.05) is 0 Å². The summed E-state index contributed by atoms with van der Waals surface area (Å²) in [5.41, 5.74) is 3.16. The van der Waals surface area contributed by atoms with Gasteiger partial charge in [0.2, 0.25) is 0 Å². The molecular weight excluding hydrogens is 108 g/mol. The molecule has 1 radical (unpaired) electrons. The van der Waals surface area contributed by atoms with Crippen LogP contribution in [-0.2, 0) is 0 Å². The first-order chi connectivity index (χ1) is 4.20. The molecule has 1 rings (SSSR count). The first-order valence-electron chi connectivity index (χ1n) is 3.68. The summed E-state index contributed by atoms with van der Waals surface area (Å²) in [5, 5.41) is 0. The molecule has 0 heteroatoms. The summed E-state index contributed by atoms with van der Waals surface area (Å²) in [5.74, 6) is 0.689. The second-order valence-corrected chi connectivity index (χ2v) is 3.17. The third kappa shape index (κ3) is 1.57. The third-order valence-corrected chi connectivity index (χ3v) is 2.25. The highest BCUT2D eigenvalue weighted by Crippen LogP contribution is 2.27. The molecule has 1 aliphatic carbocycles. The fraction of sp³-hybridized carbons (Fsp3) is 0.667. The third-order valence-electron chi connectivity index (χ3n) is 2.25. The van der Waals surface area contributed by atoms with E-state index in [9.17, 15) is 0 Å². The smallest absolute Gasteiger partial charge is 0.0292 e. The Hall–Kier alpha value is -0.260. The molecule has 1 unspecified atom stereocenters. The summed E-state index contributed by atoms with van der Waals surface area (Å²) >= 11 is 0. The molecule has 0 amide bonds. The molecule has 0 nitrogen and oxygen atoms in total. The van der Waals surface area contributed by atoms with Gasteiger partial charge in [0.05, 0.1) is 0 Å². The van der Waals surface area contributed by atoms with Gasteiger partial charge in [-0.3, -0.25) is 0 Å². The Morgan fingerprint density at radius 2 is 2.00 bits per heavy atom. The molecule has 0 N–H and O–H groups in total. The van der Waals surface area contributed by atoms with Gasteiger partial charge in [-0.05, 0) is 46.0 Å². The van der Waals surface area contributed by atoms with E-state index in [1.165, 1.54) is 19.3 Å². The van der Waals surface area contributed by atoms with Gasteiger partial charge < -0.3 is 0 Å². The monoisotopic (exact) mass is 123 g/mol. The van der Waals surface area contributed by atoms with Crippen LogP contribution in [0.2, 0.25) is 0 Å². The summed E-state index contributed by atoms with van der Waals surface area (Å²) < 4.78 is 0. The average Bonchev–Trinajstić information content (AvgIpc) is 1.80. The summed E-state index contributed by atoms with van der Waals surface area (Å²) in [6, 6.07) is 0. The zero-order valence-electron chi connectivity index (χ0n) is 6.41. The fourth-order valence-electron chi connectivity index (χ4n) is 1.34. The van der Waals surface area contributed by atoms with Gasteiger partial charge >= 0.3 is 0 Å². The predicted molar refractivity (Wildman–Crippen MR) is 41.1 cm³/mol. The Kier molecular flexibility index (Phi) is 1.94. The molecule has 0 saturated heterocycles. The van der Waals surface area contributed by atoms with Crippen LogP contribution in [0.15, 0.2) is 11.1 Å². The van der Waals surface area contributed by atoms with Crippen molar-refractivity contribution in [2.75, 3.05) is 0 Å². The summed E-state index contributed by atoms with van der Waals surface area (Å²) in [4.78, 5) is 0. The van der Waals surface area contributed by atoms with Gasteiger partial charge in [-0.1, -0.05) is 11.1 Å². The Balaban J connectivity index is 2.61. The molecule has 0 aliphatic heterocycles. The molecule has 0 aromatic heterocycles. The molecular formula is C9H15. The van der Waals surface area contributed by atoms with Gasteiger partial charge in [0.1, 0.15) is 0 Å². The van der Waals surface area contributed by atoms with Gasteiger partial charge in [0.15, 0.2) is 0 Å². The summed E-state index contributed by atoms with van der Waals surface area (Å²) in [6.45, 7) is 8.51. The van der Waals surface area contributed by atoms with E-state index < -0.39 is 0 Å². The van der Waals surface area contributed by atoms with Crippen LogP contribution >= 0.6 is 0 Å². The molecule has 1 aliphatic rings. The maximum Gasteiger partial charge on any atom is -0.0292 e. The molecule has 0 heterocycles. The van der Waals surface area contributed by atoms with Crippen LogP contribution < -0.4 is 0 Å². The standard InChI is InChI=1S/C9H15/c1-7-4-5-8(2)9(3)6-7/h7H,1,4-6H2,2-3H3. The highest BCUT2D eigenvalue weighted by Gasteiger charge is 2.10. The molecule has 0 aromatic carbocycles. The first kappa shape index (κ1) is 6.85. The number of rotatable bonds is 0. The van der Waals surface area contributed by atoms with Crippen LogP contribution in [0.3, 0.4) is 0 Å². The van der Waals surface area contributed by atoms with E-state index in [0.717, 1.165) is 0 Å². The van der Waals surface area contributed by atoms with Gasteiger partial charge in [0.25, 0.3) is 0 Å². The SMILES string of the molecule is [CH2]C1CCC(C)=C(C)C1. The fourth-order valence-corrected chi connectivity index (χ4v) is 1.34. The number of hydrogen-bond donors (Lipinski definition) is 0. The first-order valence-corrected chi connectivity index (χ1v) is 3.68. The highest BCUT2D eigenvalue weighted by molar-refractivity contribution is 5.13. The van der Waals surface area contributed by atoms with Crippen molar-refractivity contribution in [3.05, 3.63) is 18.1 Å². The molecule has 0 saturated carbocycles. The van der Waals surface area contributed by atoms with Gasteiger partial charge in [-0.25, -0.2) is 0 Å². The quantitative estimate of drug-likeness (QED) is 0.434. The highest BCUT2D eigenvalue weighted by atomic mass is 14.2. The lowest BCUT2D eigenvalue weighted by Crippen LogP contribution is -2.03. The van der Waals surface area contributed by atoms with E-state index in [0.29, 0.717) is 5.92 Å². The molecule has 0 spiro atoms. The lowest BCUT2D eigenvalue weighted by molar-refractivity contribution is 0.543. The van der Waals surface area contributed by atoms with Crippen LogP contribution in [0.1, 0.15) is 33.1 Å². The van der Waals surface area contributed by atoms with E-state index >= 15 is 0 Å². The largest absolute Gasteiger partial charge is 0.0744 e. The van der Waals surface area contributed by atoms with Gasteiger partial charge in [0, 0.05) is 0 Å². The van der Waals surface area contributed by atoms with Crippen LogP contribution in [0.4, 0.5) is 0 Å². The van der Waals surface area contributed by atoms with Crippen molar-refractivity contribution in [2.24, 2.45) is 5.92 Å². The lowest BCUT2D eigenvalue weighted by Gasteiger charge is -2.19. The van der Waals surface area contributed by atoms with E-state index in [4.69, 9.17) is 0 Å². The van der Waals surface area contributed by atoms with Crippen LogP contribution in [-0.4, -0.2) is 0 Å². The van der Waals surface area contributed by atoms with E-state index in [1.54, 1.807) is 11.1 Å². The molecule has 0 fully saturated rings. The molecule has 9 heavy (non-hydrogen) atoms. The summed E-state index contributed by atoms with van der Waals surface area (Å²) in [6.07, 6.45) is 3.80. The Bertz CT molecular complexity index is 131. The van der Waals surface area contributed by atoms with Gasteiger partial charge in [-0.15, -0.1) is 0 Å². The van der Waals surface area contributed by atoms with Crippen LogP contribution in [0.5, 0.6) is 0 Å². The zero-order valence-corrected chi connectivity index (χ0v) is 6.41. The van der Waals surface area contributed by atoms with Crippen LogP contribution in [0, 0.1) is 12.8 Å². The second kappa shape index (κ2) is 2.55. The van der Waals surface area contributed by atoms with Crippen molar-refractivity contribution in [1.29, 1.82) is 0 Å². The topological polar surface area (TPSA) is 0 Å². The van der Waals surface area contributed by atoms with E-state index in [-0.39, 0.29) is 0 Å². The lowest BCUT2D eigenvalue weighted by atomic mass is 9.86. The Morgan fingerprint density at radius 1 is 1.33 bits per heavy atom. The van der Waals surface area contributed by atoms with Crippen LogP contribution in [0.25, 0.3) is 0 Å². The van der Waals surface area contributed by atoms with Crippen molar-refractivity contribution < 1.29 is 0 Å². The van der Waals surface area contributed by atoms with Crippen molar-refractivity contribution in [2.45, 2.75) is 33.1 Å². The molecule has 51 valence electrons. The van der Waals surface area contributed by atoms with Crippen molar-refractivity contribution >= 4 is 0 Å². The zero-order chi connectivity index (χ0) is 6.85. The Labute approximate surface area is 58.0 Å². The van der Waals surface area contributed by atoms with Crippen molar-refractivity contribution in [1.82, 2.24) is 0 Å². The Morgan fingerprint density at radius 3 is 2.44 bits per heavy atom. The molecule has 0 bridgehead atoms. The second-order valence-electron chi connectivity index (χ2n) is 3.17. The van der Waals surface area contributed by atoms with Crippen molar-refractivity contribution in [3.63, 3.8) is 0 Å². The van der Waals surface area contributed by atoms with Crippen molar-refractivity contribution in [3.8, 4) is 0 Å². The number of allylic oxidation sites excluding steroid dienone is 2. The maximum absolute atomic E-state index is 4.05.